The zero-order chi connectivity index (χ0) is 17.4. The van der Waals surface area contributed by atoms with Crippen molar-refractivity contribution < 1.29 is 14.3 Å². The predicted octanol–water partition coefficient (Wildman–Crippen LogP) is 2.45. The van der Waals surface area contributed by atoms with Gasteiger partial charge in [0.15, 0.2) is 0 Å². The number of nitrogens with one attached hydrogen (secondary N) is 1. The van der Waals surface area contributed by atoms with E-state index in [1.165, 1.54) is 0 Å². The highest BCUT2D eigenvalue weighted by molar-refractivity contribution is 5.86. The van der Waals surface area contributed by atoms with Crippen LogP contribution in [0.1, 0.15) is 18.9 Å². The molecule has 0 aliphatic heterocycles. The Balaban J connectivity index is 1.74. The van der Waals surface area contributed by atoms with E-state index in [4.69, 9.17) is 15.2 Å². The van der Waals surface area contributed by atoms with Gasteiger partial charge in [-0.1, -0.05) is 36.4 Å². The quantitative estimate of drug-likeness (QED) is 0.730. The van der Waals surface area contributed by atoms with Crippen LogP contribution in [0.4, 0.5) is 0 Å². The Labute approximate surface area is 142 Å². The molecule has 1 unspecified atom stereocenters. The molecule has 0 saturated heterocycles. The molecule has 5 heteroatoms. The van der Waals surface area contributed by atoms with E-state index >= 15 is 0 Å². The number of hydrogen-bond donors (Lipinski definition) is 2. The Bertz CT molecular complexity index is 657. The topological polar surface area (TPSA) is 73.6 Å². The third kappa shape index (κ3) is 4.73. The first-order valence-electron chi connectivity index (χ1n) is 7.93. The fourth-order valence-corrected chi connectivity index (χ4v) is 2.25. The van der Waals surface area contributed by atoms with E-state index in [1.807, 2.05) is 54.6 Å². The number of ether oxygens (including phenoxy) is 2. The molecule has 0 aliphatic rings. The van der Waals surface area contributed by atoms with Crippen LogP contribution in [-0.2, 0) is 10.3 Å². The highest BCUT2D eigenvalue weighted by Gasteiger charge is 2.29. The number of benzene rings is 2. The van der Waals surface area contributed by atoms with Crippen LogP contribution < -0.4 is 20.5 Å². The van der Waals surface area contributed by atoms with Crippen molar-refractivity contribution in [2.24, 2.45) is 5.73 Å². The molecule has 2 rings (SSSR count). The molecule has 1 atom stereocenters. The highest BCUT2D eigenvalue weighted by Crippen LogP contribution is 2.19. The van der Waals surface area contributed by atoms with E-state index in [-0.39, 0.29) is 5.91 Å². The van der Waals surface area contributed by atoms with Gasteiger partial charge in [-0.2, -0.15) is 0 Å². The van der Waals surface area contributed by atoms with Gasteiger partial charge in [0.1, 0.15) is 17.0 Å². The molecule has 0 aromatic heterocycles. The Morgan fingerprint density at radius 1 is 1.12 bits per heavy atom. The summed E-state index contributed by atoms with van der Waals surface area (Å²) in [5.74, 6) is 1.30. The minimum Gasteiger partial charge on any atom is -0.497 e. The largest absolute Gasteiger partial charge is 0.497 e. The molecule has 0 radical (unpaired) electrons. The maximum Gasteiger partial charge on any atom is 0.244 e. The molecule has 0 heterocycles. The smallest absolute Gasteiger partial charge is 0.244 e. The third-order valence-corrected chi connectivity index (χ3v) is 3.76. The number of carbonyl (C=O) groups excluding carboxylic acids is 1. The second-order valence-electron chi connectivity index (χ2n) is 5.71. The molecule has 0 spiro atoms. The number of carbonyl (C=O) groups is 1. The van der Waals surface area contributed by atoms with Crippen LogP contribution in [0.25, 0.3) is 0 Å². The van der Waals surface area contributed by atoms with Crippen LogP contribution in [0, 0.1) is 0 Å². The fraction of sp³-hybridized carbons (Fsp3) is 0.316. The maximum absolute atomic E-state index is 12.3. The zero-order valence-corrected chi connectivity index (χ0v) is 14.1. The number of hydrogen-bond acceptors (Lipinski definition) is 4. The first-order chi connectivity index (χ1) is 11.5. The molecule has 2 aromatic carbocycles. The van der Waals surface area contributed by atoms with Gasteiger partial charge in [-0.15, -0.1) is 0 Å². The van der Waals surface area contributed by atoms with E-state index in [0.717, 1.165) is 17.1 Å². The first-order valence-corrected chi connectivity index (χ1v) is 7.93. The number of rotatable bonds is 8. The Kier molecular flexibility index (Phi) is 6.21. The minimum atomic E-state index is -1.05. The summed E-state index contributed by atoms with van der Waals surface area (Å²) < 4.78 is 10.8. The summed E-state index contributed by atoms with van der Waals surface area (Å²) in [7, 11) is 1.62. The molecule has 0 saturated carbocycles. The summed E-state index contributed by atoms with van der Waals surface area (Å²) in [4.78, 5) is 12.3. The number of amides is 1. The van der Waals surface area contributed by atoms with E-state index in [2.05, 4.69) is 5.32 Å². The maximum atomic E-state index is 12.3. The molecule has 0 fully saturated rings. The van der Waals surface area contributed by atoms with Gasteiger partial charge in [-0.05, 0) is 31.0 Å². The van der Waals surface area contributed by atoms with Gasteiger partial charge < -0.3 is 20.5 Å². The molecule has 128 valence electrons. The van der Waals surface area contributed by atoms with E-state index in [1.54, 1.807) is 14.0 Å². The molecule has 5 nitrogen and oxygen atoms in total. The molecule has 24 heavy (non-hydrogen) atoms. The van der Waals surface area contributed by atoms with Gasteiger partial charge in [0, 0.05) is 12.6 Å². The van der Waals surface area contributed by atoms with Crippen molar-refractivity contribution in [3.63, 3.8) is 0 Å². The normalized spacial score (nSPS) is 13.0. The number of methoxy groups -OCH3 is 1. The number of nitrogens with two attached hydrogens (primary N) is 1. The van der Waals surface area contributed by atoms with Gasteiger partial charge in [-0.25, -0.2) is 0 Å². The van der Waals surface area contributed by atoms with Crippen LogP contribution in [0.2, 0.25) is 0 Å². The monoisotopic (exact) mass is 328 g/mol. The minimum absolute atomic E-state index is 0.199. The molecule has 2 aromatic rings. The molecule has 0 bridgehead atoms. The van der Waals surface area contributed by atoms with Crippen molar-refractivity contribution in [3.05, 3.63) is 60.2 Å². The Hall–Kier alpha value is -2.53. The lowest BCUT2D eigenvalue weighted by molar-refractivity contribution is -0.126. The van der Waals surface area contributed by atoms with Crippen LogP contribution in [0.3, 0.4) is 0 Å². The second-order valence-corrected chi connectivity index (χ2v) is 5.71. The lowest BCUT2D eigenvalue weighted by atomic mass is 9.92. The summed E-state index contributed by atoms with van der Waals surface area (Å²) in [5.41, 5.74) is 5.90. The van der Waals surface area contributed by atoms with E-state index in [0.29, 0.717) is 19.6 Å². The fourth-order valence-electron chi connectivity index (χ4n) is 2.25. The first kappa shape index (κ1) is 17.8. The summed E-state index contributed by atoms with van der Waals surface area (Å²) >= 11 is 0. The van der Waals surface area contributed by atoms with E-state index in [9.17, 15) is 4.79 Å². The van der Waals surface area contributed by atoms with Crippen molar-refractivity contribution >= 4 is 5.91 Å². The average molecular weight is 328 g/mol. The Morgan fingerprint density at radius 2 is 1.83 bits per heavy atom. The molecular formula is C19H24N2O3. The van der Waals surface area contributed by atoms with Crippen LogP contribution in [0.15, 0.2) is 54.6 Å². The van der Waals surface area contributed by atoms with Gasteiger partial charge in [0.25, 0.3) is 0 Å². The molecule has 1 amide bonds. The summed E-state index contributed by atoms with van der Waals surface area (Å²) in [6, 6.07) is 16.8. The van der Waals surface area contributed by atoms with E-state index < -0.39 is 5.54 Å². The zero-order valence-electron chi connectivity index (χ0n) is 14.1. The Morgan fingerprint density at radius 3 is 2.54 bits per heavy atom. The van der Waals surface area contributed by atoms with Crippen LogP contribution in [0.5, 0.6) is 11.5 Å². The van der Waals surface area contributed by atoms with Crippen molar-refractivity contribution in [1.29, 1.82) is 0 Å². The van der Waals surface area contributed by atoms with Gasteiger partial charge in [-0.3, -0.25) is 4.79 Å². The highest BCUT2D eigenvalue weighted by atomic mass is 16.5. The lowest BCUT2D eigenvalue weighted by Crippen LogP contribution is -2.49. The standard InChI is InChI=1S/C19H24N2O3/c1-19(20,15-8-4-3-5-9-15)18(22)21-12-7-13-24-17-11-6-10-16(14-17)23-2/h3-6,8-11,14H,7,12-13,20H2,1-2H3,(H,21,22). The van der Waals surface area contributed by atoms with Gasteiger partial charge in [0.2, 0.25) is 5.91 Å². The lowest BCUT2D eigenvalue weighted by Gasteiger charge is -2.24. The molecule has 3 N–H and O–H groups in total. The summed E-state index contributed by atoms with van der Waals surface area (Å²) in [5, 5.41) is 2.86. The average Bonchev–Trinajstić information content (AvgIpc) is 2.62. The summed E-state index contributed by atoms with van der Waals surface area (Å²) in [6.45, 7) is 2.72. The van der Waals surface area contributed by atoms with Crippen molar-refractivity contribution in [2.45, 2.75) is 18.9 Å². The van der Waals surface area contributed by atoms with Crippen LogP contribution >= 0.6 is 0 Å². The second kappa shape index (κ2) is 8.36. The van der Waals surface area contributed by atoms with Crippen LogP contribution in [-0.4, -0.2) is 26.2 Å². The van der Waals surface area contributed by atoms with Crippen molar-refractivity contribution in [2.75, 3.05) is 20.3 Å². The molecular weight excluding hydrogens is 304 g/mol. The van der Waals surface area contributed by atoms with Crippen molar-refractivity contribution in [1.82, 2.24) is 5.32 Å². The summed E-state index contributed by atoms with van der Waals surface area (Å²) in [6.07, 6.45) is 0.688. The SMILES string of the molecule is COc1cccc(OCCCNC(=O)C(C)(N)c2ccccc2)c1. The van der Waals surface area contributed by atoms with Gasteiger partial charge >= 0.3 is 0 Å². The van der Waals surface area contributed by atoms with Gasteiger partial charge in [0.05, 0.1) is 13.7 Å². The predicted molar refractivity (Wildman–Crippen MR) is 94.1 cm³/mol. The third-order valence-electron chi connectivity index (χ3n) is 3.76. The molecule has 0 aliphatic carbocycles. The van der Waals surface area contributed by atoms with Crippen molar-refractivity contribution in [3.8, 4) is 11.5 Å².